The summed E-state index contributed by atoms with van der Waals surface area (Å²) in [6.45, 7) is 6.66. The Labute approximate surface area is 140 Å². The minimum Gasteiger partial charge on any atom is -0.361 e. The lowest BCUT2D eigenvalue weighted by Gasteiger charge is -2.17. The molecule has 2 aromatic heterocycles. The highest BCUT2D eigenvalue weighted by Crippen LogP contribution is 2.31. The number of pyridine rings is 1. The Balaban J connectivity index is 1.95. The molecule has 0 atom stereocenters. The molecule has 0 aliphatic carbocycles. The van der Waals surface area contributed by atoms with Crippen LogP contribution < -0.4 is 5.43 Å². The van der Waals surface area contributed by atoms with E-state index >= 15 is 0 Å². The van der Waals surface area contributed by atoms with Crippen molar-refractivity contribution in [2.75, 3.05) is 0 Å². The van der Waals surface area contributed by atoms with Gasteiger partial charge in [-0.2, -0.15) is 0 Å². The van der Waals surface area contributed by atoms with Gasteiger partial charge in [-0.1, -0.05) is 39.0 Å². The van der Waals surface area contributed by atoms with Crippen molar-refractivity contribution in [1.29, 1.82) is 0 Å². The Morgan fingerprint density at radius 3 is 2.54 bits per heavy atom. The van der Waals surface area contributed by atoms with Gasteiger partial charge in [0, 0.05) is 40.4 Å². The van der Waals surface area contributed by atoms with E-state index in [0.29, 0.717) is 0 Å². The summed E-state index contributed by atoms with van der Waals surface area (Å²) in [5, 5.41) is 1.98. The van der Waals surface area contributed by atoms with Gasteiger partial charge in [-0.15, -0.1) is 0 Å². The number of rotatable bonds is 1. The predicted molar refractivity (Wildman–Crippen MR) is 100 cm³/mol. The maximum atomic E-state index is 12.1. The number of nitrogens with one attached hydrogen (secondary N) is 1. The molecule has 0 aliphatic heterocycles. The van der Waals surface area contributed by atoms with E-state index in [1.807, 2.05) is 30.5 Å². The van der Waals surface area contributed by atoms with Gasteiger partial charge in [0.25, 0.3) is 0 Å². The fraction of sp³-hybridized carbons (Fsp3) is 0.190. The molecule has 4 aromatic rings. The van der Waals surface area contributed by atoms with Crippen molar-refractivity contribution in [2.24, 2.45) is 0 Å². The molecule has 2 aromatic carbocycles. The zero-order valence-corrected chi connectivity index (χ0v) is 14.1. The number of H-pyrrole nitrogens is 1. The Morgan fingerprint density at radius 1 is 0.958 bits per heavy atom. The molecule has 0 bridgehead atoms. The van der Waals surface area contributed by atoms with Gasteiger partial charge in [-0.25, -0.2) is 0 Å². The first-order chi connectivity index (χ1) is 11.4. The van der Waals surface area contributed by atoms with Crippen LogP contribution in [0.5, 0.6) is 0 Å². The van der Waals surface area contributed by atoms with E-state index in [1.165, 1.54) is 10.9 Å². The van der Waals surface area contributed by atoms with E-state index in [0.717, 1.165) is 22.1 Å². The molecule has 2 heterocycles. The largest absolute Gasteiger partial charge is 0.361 e. The summed E-state index contributed by atoms with van der Waals surface area (Å²) in [4.78, 5) is 15.5. The Hall–Kier alpha value is -2.81. The van der Waals surface area contributed by atoms with Crippen molar-refractivity contribution in [3.63, 3.8) is 0 Å². The van der Waals surface area contributed by atoms with Gasteiger partial charge in [0.1, 0.15) is 0 Å². The molecular formula is C21H20N2O. The van der Waals surface area contributed by atoms with Crippen LogP contribution in [0.3, 0.4) is 0 Å². The Morgan fingerprint density at radius 2 is 1.75 bits per heavy atom. The van der Waals surface area contributed by atoms with Crippen molar-refractivity contribution in [2.45, 2.75) is 26.2 Å². The van der Waals surface area contributed by atoms with Gasteiger partial charge in [-0.3, -0.25) is 4.79 Å². The van der Waals surface area contributed by atoms with Crippen molar-refractivity contribution < 1.29 is 0 Å². The molecule has 0 saturated heterocycles. The second-order valence-corrected chi connectivity index (χ2v) is 7.25. The van der Waals surface area contributed by atoms with Crippen LogP contribution >= 0.6 is 0 Å². The van der Waals surface area contributed by atoms with Gasteiger partial charge in [0.2, 0.25) is 0 Å². The van der Waals surface area contributed by atoms with Crippen molar-refractivity contribution in [1.82, 2.24) is 9.55 Å². The minimum atomic E-state index is 0.0535. The summed E-state index contributed by atoms with van der Waals surface area (Å²) in [7, 11) is 0. The minimum absolute atomic E-state index is 0.0535. The number of fused-ring (bicyclic) bond motifs is 2. The molecule has 120 valence electrons. The van der Waals surface area contributed by atoms with Crippen molar-refractivity contribution >= 4 is 21.8 Å². The zero-order chi connectivity index (χ0) is 16.9. The standard InChI is InChI=1S/C21H20N2O/c1-21(2,3)17-13-22-18-12-14(8-9-15(17)18)23-11-10-20(24)16-6-4-5-7-19(16)23/h4-13,22H,1-3H3. The van der Waals surface area contributed by atoms with Crippen LogP contribution in [0.4, 0.5) is 0 Å². The molecule has 0 unspecified atom stereocenters. The predicted octanol–water partition coefficient (Wildman–Crippen LogP) is 4.77. The van der Waals surface area contributed by atoms with Crippen LogP contribution in [0, 0.1) is 0 Å². The molecule has 0 radical (unpaired) electrons. The first-order valence-corrected chi connectivity index (χ1v) is 8.17. The van der Waals surface area contributed by atoms with Gasteiger partial charge < -0.3 is 9.55 Å². The molecule has 0 amide bonds. The van der Waals surface area contributed by atoms with E-state index in [4.69, 9.17) is 0 Å². The highest BCUT2D eigenvalue weighted by atomic mass is 16.1. The summed E-state index contributed by atoms with van der Waals surface area (Å²) >= 11 is 0. The third-order valence-electron chi connectivity index (χ3n) is 4.56. The van der Waals surface area contributed by atoms with Crippen LogP contribution in [0.15, 0.2) is 65.7 Å². The summed E-state index contributed by atoms with van der Waals surface area (Å²) in [5.74, 6) is 0. The monoisotopic (exact) mass is 316 g/mol. The van der Waals surface area contributed by atoms with E-state index in [2.05, 4.69) is 54.7 Å². The highest BCUT2D eigenvalue weighted by Gasteiger charge is 2.18. The Kier molecular flexibility index (Phi) is 3.14. The lowest BCUT2D eigenvalue weighted by atomic mass is 9.87. The lowest BCUT2D eigenvalue weighted by molar-refractivity contribution is 0.596. The quantitative estimate of drug-likeness (QED) is 0.539. The summed E-state index contributed by atoms with van der Waals surface area (Å²) in [6.07, 6.45) is 3.94. The second kappa shape index (κ2) is 5.10. The number of hydrogen-bond acceptors (Lipinski definition) is 1. The molecule has 0 fully saturated rings. The Bertz CT molecular complexity index is 1110. The fourth-order valence-electron chi connectivity index (χ4n) is 3.31. The number of aromatic amines is 1. The first kappa shape index (κ1) is 14.8. The zero-order valence-electron chi connectivity index (χ0n) is 14.1. The topological polar surface area (TPSA) is 37.8 Å². The lowest BCUT2D eigenvalue weighted by Crippen LogP contribution is -2.10. The average molecular weight is 316 g/mol. The van der Waals surface area contributed by atoms with E-state index in [1.54, 1.807) is 6.07 Å². The van der Waals surface area contributed by atoms with Crippen LogP contribution in [0.25, 0.3) is 27.5 Å². The van der Waals surface area contributed by atoms with Crippen molar-refractivity contribution in [3.8, 4) is 5.69 Å². The molecule has 3 heteroatoms. The number of nitrogens with zero attached hydrogens (tertiary/aromatic N) is 1. The molecule has 0 saturated carbocycles. The number of hydrogen-bond donors (Lipinski definition) is 1. The number of benzene rings is 2. The molecule has 0 aliphatic rings. The van der Waals surface area contributed by atoms with Crippen molar-refractivity contribution in [3.05, 3.63) is 76.7 Å². The third-order valence-corrected chi connectivity index (χ3v) is 4.56. The summed E-state index contributed by atoms with van der Waals surface area (Å²) in [5.41, 5.74) is 4.55. The van der Waals surface area contributed by atoms with Crippen LogP contribution in [-0.4, -0.2) is 9.55 Å². The SMILES string of the molecule is CC(C)(C)c1c[nH]c2cc(-n3ccc(=O)c4ccccc43)ccc12. The van der Waals surface area contributed by atoms with Gasteiger partial charge in [0.15, 0.2) is 5.43 Å². The van der Waals surface area contributed by atoms with Gasteiger partial charge in [-0.05, 0) is 35.2 Å². The van der Waals surface area contributed by atoms with Gasteiger partial charge in [0.05, 0.1) is 5.52 Å². The molecule has 1 N–H and O–H groups in total. The molecule has 24 heavy (non-hydrogen) atoms. The normalized spacial score (nSPS) is 12.1. The first-order valence-electron chi connectivity index (χ1n) is 8.17. The number of para-hydroxylation sites is 1. The highest BCUT2D eigenvalue weighted by molar-refractivity contribution is 5.87. The third kappa shape index (κ3) is 2.24. The smallest absolute Gasteiger partial charge is 0.189 e. The average Bonchev–Trinajstić information content (AvgIpc) is 2.99. The molecule has 4 rings (SSSR count). The van der Waals surface area contributed by atoms with E-state index < -0.39 is 0 Å². The maximum absolute atomic E-state index is 12.1. The molecular weight excluding hydrogens is 296 g/mol. The van der Waals surface area contributed by atoms with Crippen LogP contribution in [0.2, 0.25) is 0 Å². The van der Waals surface area contributed by atoms with E-state index in [9.17, 15) is 4.79 Å². The second-order valence-electron chi connectivity index (χ2n) is 7.25. The van der Waals surface area contributed by atoms with Crippen LogP contribution in [-0.2, 0) is 5.41 Å². The molecule has 0 spiro atoms. The number of aromatic nitrogens is 2. The summed E-state index contributed by atoms with van der Waals surface area (Å²) < 4.78 is 2.06. The maximum Gasteiger partial charge on any atom is 0.189 e. The molecule has 3 nitrogen and oxygen atoms in total. The fourth-order valence-corrected chi connectivity index (χ4v) is 3.31. The van der Waals surface area contributed by atoms with Gasteiger partial charge >= 0.3 is 0 Å². The summed E-state index contributed by atoms with van der Waals surface area (Å²) in [6, 6.07) is 15.8. The van der Waals surface area contributed by atoms with E-state index in [-0.39, 0.29) is 10.8 Å². The van der Waals surface area contributed by atoms with Crippen LogP contribution in [0.1, 0.15) is 26.3 Å².